The summed E-state index contributed by atoms with van der Waals surface area (Å²) in [6.45, 7) is 8.76. The van der Waals surface area contributed by atoms with E-state index in [1.807, 2.05) is 55.5 Å². The molecule has 0 unspecified atom stereocenters. The molecule has 1 aliphatic rings. The lowest BCUT2D eigenvalue weighted by molar-refractivity contribution is -0.145. The van der Waals surface area contributed by atoms with Crippen molar-refractivity contribution in [3.05, 3.63) is 65.4 Å². The average Bonchev–Trinajstić information content (AvgIpc) is 3.19. The molecule has 1 aliphatic heterocycles. The zero-order valence-electron chi connectivity index (χ0n) is 21.3. The van der Waals surface area contributed by atoms with Crippen LogP contribution in [0.3, 0.4) is 0 Å². The molecule has 1 saturated heterocycles. The molecule has 0 bridgehead atoms. The fraction of sp³-hybridized carbons (Fsp3) is 0.429. The lowest BCUT2D eigenvalue weighted by Gasteiger charge is -2.27. The number of nitrogens with zero attached hydrogens (tertiary/aromatic N) is 2. The average molecular weight is 494 g/mol. The third kappa shape index (κ3) is 5.71. The Morgan fingerprint density at radius 1 is 1.06 bits per heavy atom. The quantitative estimate of drug-likeness (QED) is 0.437. The van der Waals surface area contributed by atoms with E-state index in [2.05, 4.69) is 14.8 Å². The van der Waals surface area contributed by atoms with Gasteiger partial charge in [-0.05, 0) is 25.5 Å². The van der Waals surface area contributed by atoms with E-state index in [1.165, 1.54) is 0 Å². The number of amides is 1. The van der Waals surface area contributed by atoms with Crippen molar-refractivity contribution in [3.8, 4) is 5.75 Å². The van der Waals surface area contributed by atoms with Crippen LogP contribution in [0.25, 0.3) is 10.9 Å². The smallest absolute Gasteiger partial charge is 0.328 e. The standard InChI is InChI=1S/C28H35N3O5/c1-4-36-28(33)23(19-21-9-6-5-7-10-21)29-27(32)25-20(2)31(14-13-30-15-17-35-18-16-30)26-22(25)11-8-12-24(26)34-3/h5-12,23H,4,13-19H2,1-3H3,(H,29,32)/t23-/m0/s1. The maximum Gasteiger partial charge on any atom is 0.328 e. The molecule has 0 spiro atoms. The Hall–Kier alpha value is -3.36. The molecular formula is C28H35N3O5. The number of fused-ring (bicyclic) bond motifs is 1. The lowest BCUT2D eigenvalue weighted by atomic mass is 10.0. The number of hydrogen-bond acceptors (Lipinski definition) is 6. The first-order valence-corrected chi connectivity index (χ1v) is 12.5. The zero-order chi connectivity index (χ0) is 25.5. The summed E-state index contributed by atoms with van der Waals surface area (Å²) in [5.74, 6) is -0.0336. The van der Waals surface area contributed by atoms with E-state index < -0.39 is 12.0 Å². The fourth-order valence-electron chi connectivity index (χ4n) is 4.81. The minimum atomic E-state index is -0.795. The van der Waals surface area contributed by atoms with Crippen molar-refractivity contribution in [2.75, 3.05) is 46.6 Å². The summed E-state index contributed by atoms with van der Waals surface area (Å²) in [6.07, 6.45) is 0.351. The van der Waals surface area contributed by atoms with Crippen LogP contribution in [0.15, 0.2) is 48.5 Å². The van der Waals surface area contributed by atoms with Crippen molar-refractivity contribution < 1.29 is 23.8 Å². The highest BCUT2D eigenvalue weighted by atomic mass is 16.5. The van der Waals surface area contributed by atoms with E-state index >= 15 is 0 Å². The molecule has 192 valence electrons. The second-order valence-corrected chi connectivity index (χ2v) is 8.89. The van der Waals surface area contributed by atoms with Crippen LogP contribution in [0.1, 0.15) is 28.5 Å². The van der Waals surface area contributed by atoms with E-state index in [-0.39, 0.29) is 12.5 Å². The molecule has 2 aromatic carbocycles. The molecule has 1 amide bonds. The number of esters is 1. The normalized spacial score (nSPS) is 15.0. The molecule has 1 N–H and O–H groups in total. The van der Waals surface area contributed by atoms with E-state index in [1.54, 1.807) is 14.0 Å². The Morgan fingerprint density at radius 2 is 1.81 bits per heavy atom. The van der Waals surface area contributed by atoms with Gasteiger partial charge in [0.15, 0.2) is 0 Å². The Kier molecular flexibility index (Phi) is 8.61. The minimum Gasteiger partial charge on any atom is -0.495 e. The maximum absolute atomic E-state index is 13.7. The summed E-state index contributed by atoms with van der Waals surface area (Å²) in [5, 5.41) is 3.76. The molecule has 8 heteroatoms. The van der Waals surface area contributed by atoms with Gasteiger partial charge < -0.3 is 24.1 Å². The van der Waals surface area contributed by atoms with Gasteiger partial charge >= 0.3 is 5.97 Å². The monoisotopic (exact) mass is 493 g/mol. The first-order chi connectivity index (χ1) is 17.5. The van der Waals surface area contributed by atoms with E-state index in [0.717, 1.165) is 55.0 Å². The van der Waals surface area contributed by atoms with Crippen LogP contribution in [0.5, 0.6) is 5.75 Å². The van der Waals surface area contributed by atoms with Gasteiger partial charge in [0.05, 0.1) is 38.0 Å². The van der Waals surface area contributed by atoms with Gasteiger partial charge in [0.25, 0.3) is 5.91 Å². The van der Waals surface area contributed by atoms with Crippen molar-refractivity contribution in [1.29, 1.82) is 0 Å². The summed E-state index contributed by atoms with van der Waals surface area (Å²) in [7, 11) is 1.64. The first kappa shape index (κ1) is 25.7. The van der Waals surface area contributed by atoms with Crippen LogP contribution >= 0.6 is 0 Å². The van der Waals surface area contributed by atoms with Crippen molar-refractivity contribution in [3.63, 3.8) is 0 Å². The van der Waals surface area contributed by atoms with Crippen LogP contribution in [0, 0.1) is 6.92 Å². The van der Waals surface area contributed by atoms with Gasteiger partial charge in [-0.3, -0.25) is 9.69 Å². The molecule has 1 fully saturated rings. The maximum atomic E-state index is 13.7. The molecule has 0 saturated carbocycles. The van der Waals surface area contributed by atoms with Crippen LogP contribution in [-0.4, -0.2) is 74.0 Å². The Morgan fingerprint density at radius 3 is 2.50 bits per heavy atom. The predicted octanol–water partition coefficient (Wildman–Crippen LogP) is 3.19. The van der Waals surface area contributed by atoms with Crippen molar-refractivity contribution in [2.45, 2.75) is 32.9 Å². The Bertz CT molecular complexity index is 1180. The van der Waals surface area contributed by atoms with Crippen molar-refractivity contribution >= 4 is 22.8 Å². The number of benzene rings is 2. The predicted molar refractivity (Wildman–Crippen MR) is 139 cm³/mol. The van der Waals surface area contributed by atoms with Crippen LogP contribution in [0.2, 0.25) is 0 Å². The topological polar surface area (TPSA) is 82.0 Å². The van der Waals surface area contributed by atoms with Gasteiger partial charge in [-0.2, -0.15) is 0 Å². The summed E-state index contributed by atoms with van der Waals surface area (Å²) in [4.78, 5) is 28.8. The highest BCUT2D eigenvalue weighted by Crippen LogP contribution is 2.33. The number of para-hydroxylation sites is 1. The van der Waals surface area contributed by atoms with Gasteiger partial charge in [-0.25, -0.2) is 4.79 Å². The highest BCUT2D eigenvalue weighted by Gasteiger charge is 2.28. The molecular weight excluding hydrogens is 458 g/mol. The van der Waals surface area contributed by atoms with Crippen LogP contribution < -0.4 is 10.1 Å². The first-order valence-electron chi connectivity index (χ1n) is 12.5. The number of nitrogens with one attached hydrogen (secondary N) is 1. The van der Waals surface area contributed by atoms with Crippen molar-refractivity contribution in [2.24, 2.45) is 0 Å². The van der Waals surface area contributed by atoms with Crippen LogP contribution in [-0.2, 0) is 27.2 Å². The number of carbonyl (C=O) groups excluding carboxylic acids is 2. The summed E-state index contributed by atoms with van der Waals surface area (Å²) in [5.41, 5.74) is 3.21. The lowest BCUT2D eigenvalue weighted by Crippen LogP contribution is -2.43. The zero-order valence-corrected chi connectivity index (χ0v) is 21.3. The second-order valence-electron chi connectivity index (χ2n) is 8.89. The molecule has 1 aromatic heterocycles. The minimum absolute atomic E-state index is 0.247. The number of ether oxygens (including phenoxy) is 3. The van der Waals surface area contributed by atoms with Crippen LogP contribution in [0.4, 0.5) is 0 Å². The van der Waals surface area contributed by atoms with Gasteiger partial charge in [0.1, 0.15) is 11.8 Å². The number of morpholine rings is 1. The van der Waals surface area contributed by atoms with Crippen molar-refractivity contribution in [1.82, 2.24) is 14.8 Å². The SMILES string of the molecule is CCOC(=O)[C@H](Cc1ccccc1)NC(=O)c1c(C)n(CCN2CCOCC2)c2c(OC)cccc12. The molecule has 8 nitrogen and oxygen atoms in total. The van der Waals surface area contributed by atoms with Gasteiger partial charge in [-0.1, -0.05) is 42.5 Å². The third-order valence-corrected chi connectivity index (χ3v) is 6.65. The molecule has 3 aromatic rings. The van der Waals surface area contributed by atoms with Gasteiger partial charge in [-0.15, -0.1) is 0 Å². The van der Waals surface area contributed by atoms with E-state index in [0.29, 0.717) is 24.3 Å². The number of rotatable bonds is 10. The number of hydrogen-bond donors (Lipinski definition) is 1. The molecule has 0 radical (unpaired) electrons. The van der Waals surface area contributed by atoms with Gasteiger partial charge in [0, 0.05) is 43.7 Å². The van der Waals surface area contributed by atoms with E-state index in [4.69, 9.17) is 14.2 Å². The Labute approximate surface area is 212 Å². The molecule has 2 heterocycles. The number of methoxy groups -OCH3 is 1. The number of carbonyl (C=O) groups is 2. The summed E-state index contributed by atoms with van der Waals surface area (Å²) < 4.78 is 18.6. The molecule has 0 aliphatic carbocycles. The number of aromatic nitrogens is 1. The summed E-state index contributed by atoms with van der Waals surface area (Å²) in [6, 6.07) is 14.6. The largest absolute Gasteiger partial charge is 0.495 e. The summed E-state index contributed by atoms with van der Waals surface area (Å²) >= 11 is 0. The highest BCUT2D eigenvalue weighted by molar-refractivity contribution is 6.10. The van der Waals surface area contributed by atoms with E-state index in [9.17, 15) is 9.59 Å². The third-order valence-electron chi connectivity index (χ3n) is 6.65. The molecule has 1 atom stereocenters. The molecule has 4 rings (SSSR count). The Balaban J connectivity index is 1.65. The fourth-order valence-corrected chi connectivity index (χ4v) is 4.81. The second kappa shape index (κ2) is 12.1. The molecule has 36 heavy (non-hydrogen) atoms. The van der Waals surface area contributed by atoms with Gasteiger partial charge in [0.2, 0.25) is 0 Å².